The van der Waals surface area contributed by atoms with E-state index < -0.39 is 0 Å². The second-order valence-electron chi connectivity index (χ2n) is 4.66. The van der Waals surface area contributed by atoms with Crippen molar-refractivity contribution in [3.05, 3.63) is 51.8 Å². The highest BCUT2D eigenvalue weighted by atomic mass is 35.5. The van der Waals surface area contributed by atoms with Crippen LogP contribution in [0, 0.1) is 0 Å². The van der Waals surface area contributed by atoms with Crippen molar-refractivity contribution in [2.45, 2.75) is 32.9 Å². The first-order chi connectivity index (χ1) is 9.67. The van der Waals surface area contributed by atoms with Crippen LogP contribution in [0.5, 0.6) is 0 Å². The van der Waals surface area contributed by atoms with Gasteiger partial charge < -0.3 is 5.32 Å². The van der Waals surface area contributed by atoms with Crippen LogP contribution in [-0.4, -0.2) is 16.3 Å². The molecule has 0 aliphatic heterocycles. The van der Waals surface area contributed by atoms with Crippen molar-refractivity contribution < 1.29 is 0 Å². The maximum atomic E-state index is 6.36. The van der Waals surface area contributed by atoms with Crippen LogP contribution in [0.2, 0.25) is 10.0 Å². The van der Waals surface area contributed by atoms with Gasteiger partial charge >= 0.3 is 0 Å². The molecule has 0 saturated carbocycles. The van der Waals surface area contributed by atoms with Crippen LogP contribution < -0.4 is 5.32 Å². The molecule has 1 heterocycles. The fourth-order valence-electron chi connectivity index (χ4n) is 2.14. The van der Waals surface area contributed by atoms with Gasteiger partial charge in [-0.25, -0.2) is 0 Å². The van der Waals surface area contributed by atoms with E-state index >= 15 is 0 Å². The van der Waals surface area contributed by atoms with Crippen molar-refractivity contribution in [1.29, 1.82) is 0 Å². The lowest BCUT2D eigenvalue weighted by molar-refractivity contribution is 0.596. The highest BCUT2D eigenvalue weighted by Gasteiger charge is 2.19. The standard InChI is InChI=1S/C15H19Cl2N3/c1-3-8-18-15(11-9-19-20(4-2)10-11)12-6-5-7-13(16)14(12)17/h5-7,9-10,15,18H,3-4,8H2,1-2H3. The van der Waals surface area contributed by atoms with E-state index in [1.165, 1.54) is 0 Å². The van der Waals surface area contributed by atoms with Crippen molar-refractivity contribution in [3.63, 3.8) is 0 Å². The second kappa shape index (κ2) is 7.11. The lowest BCUT2D eigenvalue weighted by atomic mass is 10.0. The summed E-state index contributed by atoms with van der Waals surface area (Å²) < 4.78 is 1.91. The van der Waals surface area contributed by atoms with Gasteiger partial charge in [0.25, 0.3) is 0 Å². The van der Waals surface area contributed by atoms with Gasteiger partial charge in [0.15, 0.2) is 0 Å². The molecule has 5 heteroatoms. The molecule has 0 amide bonds. The molecular weight excluding hydrogens is 293 g/mol. The van der Waals surface area contributed by atoms with E-state index in [2.05, 4.69) is 24.3 Å². The Balaban J connectivity index is 2.38. The summed E-state index contributed by atoms with van der Waals surface area (Å²) >= 11 is 12.5. The molecule has 0 saturated heterocycles. The van der Waals surface area contributed by atoms with E-state index in [-0.39, 0.29) is 6.04 Å². The normalized spacial score (nSPS) is 12.6. The van der Waals surface area contributed by atoms with Gasteiger partial charge in [-0.2, -0.15) is 5.10 Å². The number of benzene rings is 1. The first-order valence-corrected chi connectivity index (χ1v) is 7.62. The Hall–Kier alpha value is -1.03. The third-order valence-electron chi connectivity index (χ3n) is 3.20. The average Bonchev–Trinajstić information content (AvgIpc) is 2.92. The summed E-state index contributed by atoms with van der Waals surface area (Å²) in [6, 6.07) is 5.75. The lowest BCUT2D eigenvalue weighted by Crippen LogP contribution is -2.23. The Morgan fingerprint density at radius 3 is 2.75 bits per heavy atom. The highest BCUT2D eigenvalue weighted by Crippen LogP contribution is 2.33. The zero-order valence-electron chi connectivity index (χ0n) is 11.7. The van der Waals surface area contributed by atoms with Crippen molar-refractivity contribution in [1.82, 2.24) is 15.1 Å². The topological polar surface area (TPSA) is 29.9 Å². The molecule has 0 radical (unpaired) electrons. The fraction of sp³-hybridized carbons (Fsp3) is 0.400. The highest BCUT2D eigenvalue weighted by molar-refractivity contribution is 6.42. The molecule has 1 unspecified atom stereocenters. The minimum atomic E-state index is 0.0152. The Kier molecular flexibility index (Phi) is 5.46. The van der Waals surface area contributed by atoms with Crippen LogP contribution >= 0.6 is 23.2 Å². The number of rotatable bonds is 6. The summed E-state index contributed by atoms with van der Waals surface area (Å²) in [7, 11) is 0. The van der Waals surface area contributed by atoms with Crippen LogP contribution in [0.3, 0.4) is 0 Å². The van der Waals surface area contributed by atoms with Gasteiger partial charge in [-0.1, -0.05) is 42.3 Å². The second-order valence-corrected chi connectivity index (χ2v) is 5.44. The quantitative estimate of drug-likeness (QED) is 0.862. The molecule has 1 aromatic carbocycles. The summed E-state index contributed by atoms with van der Waals surface area (Å²) in [5, 5.41) is 9.04. The molecule has 1 aromatic heterocycles. The predicted molar refractivity (Wildman–Crippen MR) is 84.5 cm³/mol. The molecule has 1 atom stereocenters. The van der Waals surface area contributed by atoms with Crippen molar-refractivity contribution in [2.24, 2.45) is 0 Å². The SMILES string of the molecule is CCCNC(c1cnn(CC)c1)c1cccc(Cl)c1Cl. The number of nitrogens with one attached hydrogen (secondary N) is 1. The molecule has 20 heavy (non-hydrogen) atoms. The van der Waals surface area contributed by atoms with Crippen molar-refractivity contribution in [3.8, 4) is 0 Å². The minimum Gasteiger partial charge on any atom is -0.306 e. The smallest absolute Gasteiger partial charge is 0.0643 e. The lowest BCUT2D eigenvalue weighted by Gasteiger charge is -2.19. The van der Waals surface area contributed by atoms with Gasteiger partial charge in [-0.3, -0.25) is 4.68 Å². The number of hydrogen-bond donors (Lipinski definition) is 1. The molecule has 2 rings (SSSR count). The molecule has 108 valence electrons. The summed E-state index contributed by atoms with van der Waals surface area (Å²) in [5.74, 6) is 0. The van der Waals surface area contributed by atoms with Gasteiger partial charge in [0.1, 0.15) is 0 Å². The molecule has 2 aromatic rings. The number of aromatic nitrogens is 2. The van der Waals surface area contributed by atoms with Crippen LogP contribution in [0.1, 0.15) is 37.4 Å². The number of halogens is 2. The Morgan fingerprint density at radius 1 is 1.30 bits per heavy atom. The van der Waals surface area contributed by atoms with Gasteiger partial charge in [-0.15, -0.1) is 0 Å². The van der Waals surface area contributed by atoms with Crippen LogP contribution in [0.15, 0.2) is 30.6 Å². The third kappa shape index (κ3) is 3.35. The minimum absolute atomic E-state index is 0.0152. The number of aryl methyl sites for hydroxylation is 1. The molecule has 0 aliphatic carbocycles. The van der Waals surface area contributed by atoms with Crippen LogP contribution in [-0.2, 0) is 6.54 Å². The number of nitrogens with zero attached hydrogens (tertiary/aromatic N) is 2. The van der Waals surface area contributed by atoms with E-state index in [9.17, 15) is 0 Å². The largest absolute Gasteiger partial charge is 0.306 e. The van der Waals surface area contributed by atoms with Crippen molar-refractivity contribution >= 4 is 23.2 Å². The summed E-state index contributed by atoms with van der Waals surface area (Å²) in [5.41, 5.74) is 2.09. The Labute approximate surface area is 129 Å². The molecule has 0 spiro atoms. The Morgan fingerprint density at radius 2 is 2.10 bits per heavy atom. The van der Waals surface area contributed by atoms with Gasteiger partial charge in [0.2, 0.25) is 0 Å². The first-order valence-electron chi connectivity index (χ1n) is 6.87. The van der Waals surface area contributed by atoms with E-state index in [1.807, 2.05) is 29.2 Å². The van der Waals surface area contributed by atoms with E-state index in [0.717, 1.165) is 30.6 Å². The Bertz CT molecular complexity index is 566. The molecule has 0 bridgehead atoms. The zero-order valence-corrected chi connectivity index (χ0v) is 13.2. The predicted octanol–water partition coefficient (Wildman–Crippen LogP) is 4.30. The summed E-state index contributed by atoms with van der Waals surface area (Å²) in [4.78, 5) is 0. The monoisotopic (exact) mass is 311 g/mol. The van der Waals surface area contributed by atoms with E-state index in [0.29, 0.717) is 10.0 Å². The first kappa shape index (κ1) is 15.4. The van der Waals surface area contributed by atoms with Gasteiger partial charge in [0, 0.05) is 18.3 Å². The van der Waals surface area contributed by atoms with Gasteiger partial charge in [-0.05, 0) is 31.5 Å². The van der Waals surface area contributed by atoms with E-state index in [1.54, 1.807) is 6.07 Å². The fourth-order valence-corrected chi connectivity index (χ4v) is 2.56. The molecule has 1 N–H and O–H groups in total. The molecular formula is C15H19Cl2N3. The van der Waals surface area contributed by atoms with Gasteiger partial charge in [0.05, 0.1) is 22.3 Å². The van der Waals surface area contributed by atoms with E-state index in [4.69, 9.17) is 23.2 Å². The molecule has 0 fully saturated rings. The molecule has 0 aliphatic rings. The average molecular weight is 312 g/mol. The van der Waals surface area contributed by atoms with Crippen LogP contribution in [0.25, 0.3) is 0 Å². The number of hydrogen-bond acceptors (Lipinski definition) is 2. The zero-order chi connectivity index (χ0) is 14.5. The summed E-state index contributed by atoms with van der Waals surface area (Å²) in [6.07, 6.45) is 4.98. The van der Waals surface area contributed by atoms with Crippen molar-refractivity contribution in [2.75, 3.05) is 6.54 Å². The summed E-state index contributed by atoms with van der Waals surface area (Å²) in [6.45, 7) is 5.96. The maximum absolute atomic E-state index is 6.36. The van der Waals surface area contributed by atoms with Crippen LogP contribution in [0.4, 0.5) is 0 Å². The molecule has 3 nitrogen and oxygen atoms in total. The third-order valence-corrected chi connectivity index (χ3v) is 4.03. The maximum Gasteiger partial charge on any atom is 0.0643 e.